The Labute approximate surface area is 191 Å². The zero-order valence-corrected chi connectivity index (χ0v) is 20.4. The summed E-state index contributed by atoms with van der Waals surface area (Å²) < 4.78 is 0. The van der Waals surface area contributed by atoms with Crippen LogP contribution in [0.25, 0.3) is 0 Å². The smallest absolute Gasteiger partial charge is 0.0227 e. The standard InChI is InChI=1S/C28H47N3/c1-4-8-24-21(10-6-5-9-20(19(2)3)11-7-14-29)15-26-27(24)13-12-23-16-25(31)22(18-30)17-28(23,26)27/h10,18-20,23-24,26,30H,4-9,11-17,29,31H2,1-3H3/b21-10-,30-18?. The van der Waals surface area contributed by atoms with Gasteiger partial charge < -0.3 is 16.9 Å². The van der Waals surface area contributed by atoms with Crippen LogP contribution >= 0.6 is 0 Å². The fraction of sp³-hybridized carbons (Fsp3) is 0.821. The Bertz CT molecular complexity index is 735. The van der Waals surface area contributed by atoms with Crippen molar-refractivity contribution < 1.29 is 0 Å². The molecular weight excluding hydrogens is 378 g/mol. The minimum absolute atomic E-state index is 0.491. The molecule has 3 fully saturated rings. The van der Waals surface area contributed by atoms with E-state index in [0.29, 0.717) is 10.8 Å². The highest BCUT2D eigenvalue weighted by Crippen LogP contribution is 2.91. The lowest BCUT2D eigenvalue weighted by Crippen LogP contribution is -2.30. The SMILES string of the molecule is CCCC1/C(=C\CCCC(CCCN)C(C)C)CC2C34CC(C=N)=C(N)CC3CCC124. The van der Waals surface area contributed by atoms with Gasteiger partial charge >= 0.3 is 0 Å². The van der Waals surface area contributed by atoms with Crippen molar-refractivity contribution in [1.82, 2.24) is 0 Å². The molecule has 3 saturated carbocycles. The van der Waals surface area contributed by atoms with E-state index in [1.165, 1.54) is 64.2 Å². The van der Waals surface area contributed by atoms with E-state index in [1.807, 2.05) is 0 Å². The maximum atomic E-state index is 7.90. The van der Waals surface area contributed by atoms with Gasteiger partial charge in [0.05, 0.1) is 0 Å². The largest absolute Gasteiger partial charge is 0.402 e. The molecule has 6 unspecified atom stereocenters. The van der Waals surface area contributed by atoms with Crippen molar-refractivity contribution in [1.29, 1.82) is 5.41 Å². The van der Waals surface area contributed by atoms with Crippen molar-refractivity contribution in [3.8, 4) is 0 Å². The van der Waals surface area contributed by atoms with Crippen LogP contribution in [0.3, 0.4) is 0 Å². The molecule has 0 aromatic rings. The Kier molecular flexibility index (Phi) is 6.73. The zero-order valence-electron chi connectivity index (χ0n) is 20.4. The lowest BCUT2D eigenvalue weighted by atomic mass is 9.68. The average Bonchev–Trinajstić information content (AvgIpc) is 2.98. The van der Waals surface area contributed by atoms with Gasteiger partial charge in [0.1, 0.15) is 0 Å². The fourth-order valence-electron chi connectivity index (χ4n) is 8.80. The van der Waals surface area contributed by atoms with E-state index < -0.39 is 0 Å². The Morgan fingerprint density at radius 1 is 1.16 bits per heavy atom. The topological polar surface area (TPSA) is 75.9 Å². The lowest BCUT2D eigenvalue weighted by Gasteiger charge is -2.36. The number of unbranched alkanes of at least 4 members (excludes halogenated alkanes) is 1. The summed E-state index contributed by atoms with van der Waals surface area (Å²) >= 11 is 0. The monoisotopic (exact) mass is 425 g/mol. The van der Waals surface area contributed by atoms with Gasteiger partial charge in [0.2, 0.25) is 0 Å². The molecule has 0 heterocycles. The Balaban J connectivity index is 1.43. The van der Waals surface area contributed by atoms with Crippen LogP contribution in [-0.2, 0) is 0 Å². The van der Waals surface area contributed by atoms with Crippen molar-refractivity contribution in [2.75, 3.05) is 6.54 Å². The van der Waals surface area contributed by atoms with Gasteiger partial charge in [-0.15, -0.1) is 0 Å². The molecule has 4 rings (SSSR count). The average molecular weight is 426 g/mol. The second kappa shape index (κ2) is 9.04. The summed E-state index contributed by atoms with van der Waals surface area (Å²) in [6.07, 6.45) is 19.6. The molecule has 31 heavy (non-hydrogen) atoms. The number of hydrogen-bond acceptors (Lipinski definition) is 3. The third kappa shape index (κ3) is 3.54. The minimum atomic E-state index is 0.491. The van der Waals surface area contributed by atoms with E-state index in [2.05, 4.69) is 26.8 Å². The molecule has 0 aliphatic heterocycles. The molecule has 0 radical (unpaired) electrons. The number of nitrogens with two attached hydrogens (primary N) is 2. The molecule has 4 aliphatic rings. The van der Waals surface area contributed by atoms with E-state index in [-0.39, 0.29) is 0 Å². The van der Waals surface area contributed by atoms with Crippen molar-refractivity contribution in [2.45, 2.75) is 97.8 Å². The second-order valence-electron chi connectivity index (χ2n) is 11.6. The summed E-state index contributed by atoms with van der Waals surface area (Å²) in [5.74, 6) is 4.07. The first-order valence-electron chi connectivity index (χ1n) is 13.3. The van der Waals surface area contributed by atoms with E-state index in [1.54, 1.807) is 11.8 Å². The maximum Gasteiger partial charge on any atom is 0.0227 e. The molecule has 0 saturated heterocycles. The number of nitrogens with one attached hydrogen (secondary N) is 1. The molecule has 0 aromatic carbocycles. The minimum Gasteiger partial charge on any atom is -0.402 e. The van der Waals surface area contributed by atoms with Crippen molar-refractivity contribution in [3.05, 3.63) is 22.9 Å². The first kappa shape index (κ1) is 23.1. The predicted octanol–water partition coefficient (Wildman–Crippen LogP) is 6.58. The molecular formula is C28H47N3. The van der Waals surface area contributed by atoms with E-state index >= 15 is 0 Å². The molecule has 5 N–H and O–H groups in total. The molecule has 2 spiro atoms. The van der Waals surface area contributed by atoms with Gasteiger partial charge in [0.15, 0.2) is 0 Å². The second-order valence-corrected chi connectivity index (χ2v) is 11.6. The van der Waals surface area contributed by atoms with Gasteiger partial charge in [-0.25, -0.2) is 0 Å². The fourth-order valence-corrected chi connectivity index (χ4v) is 8.80. The first-order chi connectivity index (χ1) is 15.0. The number of hydrogen-bond donors (Lipinski definition) is 3. The third-order valence-electron chi connectivity index (χ3n) is 10.2. The van der Waals surface area contributed by atoms with Crippen LogP contribution in [0, 0.1) is 45.8 Å². The number of allylic oxidation sites excluding steroid dienone is 4. The highest BCUT2D eigenvalue weighted by molar-refractivity contribution is 5.78. The Hall–Kier alpha value is -1.09. The maximum absolute atomic E-state index is 7.90. The highest BCUT2D eigenvalue weighted by Gasteiger charge is 2.85. The summed E-state index contributed by atoms with van der Waals surface area (Å²) in [6.45, 7) is 7.96. The van der Waals surface area contributed by atoms with E-state index in [0.717, 1.165) is 60.2 Å². The molecule has 4 aliphatic carbocycles. The van der Waals surface area contributed by atoms with Gasteiger partial charge in [0, 0.05) is 11.9 Å². The quantitative estimate of drug-likeness (QED) is 0.198. The summed E-state index contributed by atoms with van der Waals surface area (Å²) in [6, 6.07) is 0. The molecule has 0 bridgehead atoms. The van der Waals surface area contributed by atoms with Gasteiger partial charge in [0.25, 0.3) is 0 Å². The van der Waals surface area contributed by atoms with Crippen LogP contribution in [0.4, 0.5) is 0 Å². The van der Waals surface area contributed by atoms with E-state index in [9.17, 15) is 0 Å². The third-order valence-corrected chi connectivity index (χ3v) is 10.2. The Morgan fingerprint density at radius 2 is 1.94 bits per heavy atom. The van der Waals surface area contributed by atoms with Crippen molar-refractivity contribution in [2.24, 2.45) is 51.9 Å². The van der Waals surface area contributed by atoms with Crippen LogP contribution in [0.2, 0.25) is 0 Å². The van der Waals surface area contributed by atoms with Crippen LogP contribution in [0.1, 0.15) is 97.8 Å². The number of rotatable bonds is 11. The van der Waals surface area contributed by atoms with Gasteiger partial charge in [-0.05, 0) is 123 Å². The van der Waals surface area contributed by atoms with Crippen molar-refractivity contribution >= 4 is 6.21 Å². The molecule has 0 aromatic heterocycles. The lowest BCUT2D eigenvalue weighted by molar-refractivity contribution is 0.219. The summed E-state index contributed by atoms with van der Waals surface area (Å²) in [5, 5.41) is 7.90. The first-order valence-corrected chi connectivity index (χ1v) is 13.3. The molecule has 3 heteroatoms. The molecule has 6 atom stereocenters. The zero-order chi connectivity index (χ0) is 22.2. The van der Waals surface area contributed by atoms with Crippen LogP contribution in [0.15, 0.2) is 22.9 Å². The molecule has 174 valence electrons. The highest BCUT2D eigenvalue weighted by atomic mass is 14.9. The summed E-state index contributed by atoms with van der Waals surface area (Å²) in [7, 11) is 0. The summed E-state index contributed by atoms with van der Waals surface area (Å²) in [5.41, 5.74) is 17.1. The van der Waals surface area contributed by atoms with Crippen molar-refractivity contribution in [3.63, 3.8) is 0 Å². The van der Waals surface area contributed by atoms with Crippen LogP contribution < -0.4 is 11.5 Å². The van der Waals surface area contributed by atoms with Crippen LogP contribution in [0.5, 0.6) is 0 Å². The summed E-state index contributed by atoms with van der Waals surface area (Å²) in [4.78, 5) is 0. The van der Waals surface area contributed by atoms with Gasteiger partial charge in [-0.1, -0.05) is 38.8 Å². The van der Waals surface area contributed by atoms with Gasteiger partial charge in [-0.3, -0.25) is 0 Å². The normalized spacial score (nSPS) is 38.4. The molecule has 0 amide bonds. The Morgan fingerprint density at radius 3 is 2.61 bits per heavy atom. The molecule has 3 nitrogen and oxygen atoms in total. The predicted molar refractivity (Wildman–Crippen MR) is 132 cm³/mol. The van der Waals surface area contributed by atoms with E-state index in [4.69, 9.17) is 16.9 Å². The van der Waals surface area contributed by atoms with Crippen LogP contribution in [-0.4, -0.2) is 12.8 Å². The van der Waals surface area contributed by atoms with Gasteiger partial charge in [-0.2, -0.15) is 0 Å².